The molecule has 6 aromatic carbocycles. The highest BCUT2D eigenvalue weighted by atomic mass is 16.6. The van der Waals surface area contributed by atoms with E-state index in [2.05, 4.69) is 116 Å². The highest BCUT2D eigenvalue weighted by molar-refractivity contribution is 5.63. The van der Waals surface area contributed by atoms with Gasteiger partial charge in [-0.2, -0.15) is 0 Å². The van der Waals surface area contributed by atoms with Crippen LogP contribution in [0.4, 0.5) is 0 Å². The van der Waals surface area contributed by atoms with Crippen molar-refractivity contribution in [3.63, 3.8) is 0 Å². The number of rotatable bonds is 8. The van der Waals surface area contributed by atoms with Crippen molar-refractivity contribution < 1.29 is 32.9 Å². The van der Waals surface area contributed by atoms with Crippen molar-refractivity contribution in [2.75, 3.05) is 48.5 Å². The average molecular weight is 804 g/mol. The van der Waals surface area contributed by atoms with Gasteiger partial charge in [-0.25, -0.2) is 0 Å². The van der Waals surface area contributed by atoms with Crippen molar-refractivity contribution in [3.8, 4) is 46.0 Å². The van der Waals surface area contributed by atoms with Crippen LogP contribution in [-0.2, 0) is 38.8 Å². The maximum absolute atomic E-state index is 7.45. The normalized spacial score (nSPS) is 19.7. The molecule has 8 nitrogen and oxygen atoms in total. The van der Waals surface area contributed by atoms with Crippen LogP contribution in [0, 0.1) is 0 Å². The molecule has 60 heavy (non-hydrogen) atoms. The summed E-state index contributed by atoms with van der Waals surface area (Å²) in [5, 5.41) is 0. The van der Waals surface area contributed by atoms with E-state index in [1.165, 1.54) is 27.8 Å². The highest BCUT2D eigenvalue weighted by Crippen LogP contribution is 2.54. The fraction of sp³-hybridized carbons (Fsp3) is 0.308. The van der Waals surface area contributed by atoms with Crippen LogP contribution < -0.4 is 28.4 Å². The van der Waals surface area contributed by atoms with E-state index in [1.54, 1.807) is 21.3 Å². The van der Waals surface area contributed by atoms with E-state index >= 15 is 0 Å². The lowest BCUT2D eigenvalue weighted by Gasteiger charge is -2.46. The molecule has 0 spiro atoms. The zero-order valence-corrected chi connectivity index (χ0v) is 35.4. The number of nitrogens with zero attached hydrogens (tertiary/aromatic N) is 2. The Balaban J connectivity index is 1.28. The molecule has 0 radical (unpaired) electrons. The molecule has 0 saturated heterocycles. The summed E-state index contributed by atoms with van der Waals surface area (Å²) in [4.78, 5) is 2.47. The minimum absolute atomic E-state index is 0.0564. The molecule has 8 heteroatoms. The van der Waals surface area contributed by atoms with Gasteiger partial charge in [-0.05, 0) is 102 Å². The zero-order chi connectivity index (χ0) is 41.2. The Kier molecular flexibility index (Phi) is 11.2. The van der Waals surface area contributed by atoms with Gasteiger partial charge in [0.25, 0.3) is 0 Å². The molecule has 1 unspecified atom stereocenters. The summed E-state index contributed by atoms with van der Waals surface area (Å²) in [7, 11) is 9.77. The quantitative estimate of drug-likeness (QED) is 0.142. The van der Waals surface area contributed by atoms with Crippen LogP contribution >= 0.6 is 0 Å². The van der Waals surface area contributed by atoms with Crippen LogP contribution in [0.3, 0.4) is 0 Å². The predicted octanol–water partition coefficient (Wildman–Crippen LogP) is 10.8. The Morgan fingerprint density at radius 1 is 0.667 bits per heavy atom. The summed E-state index contributed by atoms with van der Waals surface area (Å²) >= 11 is 0. The number of aryl methyl sites for hydroxylation is 1. The van der Waals surface area contributed by atoms with Gasteiger partial charge in [0.15, 0.2) is 34.5 Å². The lowest BCUT2D eigenvalue weighted by atomic mass is 9.84. The Bertz CT molecular complexity index is 2450. The minimum atomic E-state index is -0.0564. The smallest absolute Gasteiger partial charge is 0.205 e. The summed E-state index contributed by atoms with van der Waals surface area (Å²) in [6.45, 7) is 3.06. The molecule has 4 aliphatic rings. The Labute approximate surface area is 354 Å². The van der Waals surface area contributed by atoms with Crippen LogP contribution in [0.25, 0.3) is 0 Å². The molecule has 6 bridgehead atoms. The molecule has 0 aromatic heterocycles. The number of likely N-dealkylation sites (N-methyl/N-ethyl adjacent to an activating group) is 2. The number of hydrogen-bond donors (Lipinski definition) is 0. The van der Waals surface area contributed by atoms with Crippen molar-refractivity contribution in [2.45, 2.75) is 57.3 Å². The molecule has 4 heterocycles. The highest BCUT2D eigenvalue weighted by Gasteiger charge is 2.44. The van der Waals surface area contributed by atoms with Crippen molar-refractivity contribution in [3.05, 3.63) is 166 Å². The summed E-state index contributed by atoms with van der Waals surface area (Å²) in [6.07, 6.45) is 4.33. The molecular weight excluding hydrogens is 749 g/mol. The molecule has 3 atom stereocenters. The van der Waals surface area contributed by atoms with E-state index in [1.807, 2.05) is 24.3 Å². The first kappa shape index (κ1) is 39.5. The topological polar surface area (TPSA) is 58.6 Å². The maximum atomic E-state index is 7.45. The summed E-state index contributed by atoms with van der Waals surface area (Å²) < 4.78 is 40.0. The molecule has 308 valence electrons. The molecule has 0 aliphatic carbocycles. The molecule has 4 aliphatic heterocycles. The standard InChI is InChI=1S/C52H55N2O6/c1-53-26-24-39-30-46(56-4)48-32-42(39)43(53)22-18-35-16-20-41(21-17-35)59-47-29-38(19-23-45(47)55-3)28-44-50-40(25-27-54(44,2)33-36-12-8-6-9-13-36)31-49(57-5)51(52(50)60-48)58-34-37-14-10-7-11-15-37/h6-17,19-21,23,29-32,43-44H,18,22,24-28,33-34H2,1-5H3/q+1/t43-,44-,54?/m0/s1. The van der Waals surface area contributed by atoms with Crippen molar-refractivity contribution in [1.82, 2.24) is 4.90 Å². The van der Waals surface area contributed by atoms with Gasteiger partial charge in [0.2, 0.25) is 5.75 Å². The third kappa shape index (κ3) is 7.89. The molecule has 0 fully saturated rings. The van der Waals surface area contributed by atoms with Crippen molar-refractivity contribution in [1.29, 1.82) is 0 Å². The number of benzene rings is 6. The second-order valence-corrected chi connectivity index (χ2v) is 16.7. The number of ether oxygens (including phenoxy) is 6. The van der Waals surface area contributed by atoms with Crippen LogP contribution in [0.15, 0.2) is 121 Å². The number of quaternary nitrogens is 1. The van der Waals surface area contributed by atoms with Crippen molar-refractivity contribution in [2.24, 2.45) is 0 Å². The van der Waals surface area contributed by atoms with Gasteiger partial charge < -0.3 is 32.9 Å². The van der Waals surface area contributed by atoms with Gasteiger partial charge in [-0.15, -0.1) is 0 Å². The maximum Gasteiger partial charge on any atom is 0.205 e. The molecule has 0 amide bonds. The SMILES string of the molecule is COc1ccc2cc1Oc1ccc(cc1)CC[C@H]1c3cc(c(OC)cc3CCN1C)Oc1c(OCc3ccccc3)c(OC)cc3c1[C@H](C2)[N+](C)(Cc1ccccc1)CC3. The van der Waals surface area contributed by atoms with E-state index in [4.69, 9.17) is 28.4 Å². The van der Waals surface area contributed by atoms with Crippen molar-refractivity contribution >= 4 is 0 Å². The van der Waals surface area contributed by atoms with Crippen LogP contribution in [-0.4, -0.2) is 57.9 Å². The molecule has 10 rings (SSSR count). The summed E-state index contributed by atoms with van der Waals surface area (Å²) in [5.41, 5.74) is 9.59. The summed E-state index contributed by atoms with van der Waals surface area (Å²) in [5.74, 6) is 5.42. The predicted molar refractivity (Wildman–Crippen MR) is 235 cm³/mol. The van der Waals surface area contributed by atoms with E-state index in [0.717, 1.165) is 72.2 Å². The lowest BCUT2D eigenvalue weighted by molar-refractivity contribution is -0.954. The molecule has 0 N–H and O–H groups in total. The molecular formula is C52H55N2O6+. The van der Waals surface area contributed by atoms with E-state index in [9.17, 15) is 0 Å². The van der Waals surface area contributed by atoms with Gasteiger partial charge in [-0.3, -0.25) is 4.90 Å². The van der Waals surface area contributed by atoms with Gasteiger partial charge in [-0.1, -0.05) is 78.9 Å². The first-order valence-corrected chi connectivity index (χ1v) is 21.1. The van der Waals surface area contributed by atoms with Gasteiger partial charge in [0, 0.05) is 31.0 Å². The Hall–Kier alpha value is -5.96. The number of methoxy groups -OCH3 is 3. The van der Waals surface area contributed by atoms with E-state index < -0.39 is 0 Å². The monoisotopic (exact) mass is 803 g/mol. The largest absolute Gasteiger partial charge is 0.493 e. The number of fused-ring (bicyclic) bond motifs is 3. The zero-order valence-electron chi connectivity index (χ0n) is 35.4. The summed E-state index contributed by atoms with van der Waals surface area (Å²) in [6, 6.07) is 42.7. The minimum Gasteiger partial charge on any atom is -0.493 e. The third-order valence-corrected chi connectivity index (χ3v) is 12.9. The van der Waals surface area contributed by atoms with Crippen LogP contribution in [0.2, 0.25) is 0 Å². The third-order valence-electron chi connectivity index (χ3n) is 12.9. The van der Waals surface area contributed by atoms with Crippen LogP contribution in [0.1, 0.15) is 63.0 Å². The fourth-order valence-electron chi connectivity index (χ4n) is 9.59. The average Bonchev–Trinajstić information content (AvgIpc) is 3.27. The first-order chi connectivity index (χ1) is 29.3. The fourth-order valence-corrected chi connectivity index (χ4v) is 9.59. The van der Waals surface area contributed by atoms with Crippen LogP contribution in [0.5, 0.6) is 46.0 Å². The van der Waals surface area contributed by atoms with Gasteiger partial charge >= 0.3 is 0 Å². The Morgan fingerprint density at radius 3 is 2.08 bits per heavy atom. The van der Waals surface area contributed by atoms with Gasteiger partial charge in [0.05, 0.1) is 40.5 Å². The molecule has 6 aromatic rings. The van der Waals surface area contributed by atoms with E-state index in [-0.39, 0.29) is 12.1 Å². The van der Waals surface area contributed by atoms with Gasteiger partial charge in [0.1, 0.15) is 24.9 Å². The number of hydrogen-bond acceptors (Lipinski definition) is 7. The first-order valence-electron chi connectivity index (χ1n) is 21.1. The van der Waals surface area contributed by atoms with E-state index in [0.29, 0.717) is 53.3 Å². The Morgan fingerprint density at radius 2 is 1.35 bits per heavy atom. The second-order valence-electron chi connectivity index (χ2n) is 16.7. The molecule has 0 saturated carbocycles. The second kappa shape index (κ2) is 17.0. The lowest BCUT2D eigenvalue weighted by Crippen LogP contribution is -2.51.